The number of carbonyl (C=O) groups is 2. The lowest BCUT2D eigenvalue weighted by Gasteiger charge is -2.33. The average molecular weight is 259 g/mol. The first-order valence-corrected chi connectivity index (χ1v) is 6.14. The Morgan fingerprint density at radius 3 is 2.67 bits per heavy atom. The van der Waals surface area contributed by atoms with Crippen LogP contribution in [0.25, 0.3) is 0 Å². The number of esters is 1. The predicted molar refractivity (Wildman–Crippen MR) is 64.1 cm³/mol. The molecule has 1 rings (SSSR count). The molecule has 0 aromatic rings. The van der Waals surface area contributed by atoms with E-state index in [4.69, 9.17) is 14.2 Å². The third-order valence-corrected chi connectivity index (χ3v) is 2.95. The van der Waals surface area contributed by atoms with Crippen molar-refractivity contribution in [3.05, 3.63) is 0 Å². The standard InChI is InChI=1S/C12H21NO5/c1-16-7-8-18-9-11(14)13-6-4-3-5-10(13)12(15)17-2/h10H,3-9H2,1-2H3. The summed E-state index contributed by atoms with van der Waals surface area (Å²) in [6.07, 6.45) is 2.52. The normalized spacial score (nSPS) is 19.7. The van der Waals surface area contributed by atoms with Gasteiger partial charge in [-0.2, -0.15) is 0 Å². The fraction of sp³-hybridized carbons (Fsp3) is 0.833. The molecule has 1 fully saturated rings. The molecule has 0 radical (unpaired) electrons. The number of hydrogen-bond acceptors (Lipinski definition) is 5. The molecule has 6 heteroatoms. The van der Waals surface area contributed by atoms with Crippen LogP contribution in [0.1, 0.15) is 19.3 Å². The number of amides is 1. The number of rotatable bonds is 6. The second-order valence-electron chi connectivity index (χ2n) is 4.17. The Labute approximate surface area is 107 Å². The number of hydrogen-bond donors (Lipinski definition) is 0. The minimum absolute atomic E-state index is 0.0170. The maximum absolute atomic E-state index is 11.9. The summed E-state index contributed by atoms with van der Waals surface area (Å²) in [6.45, 7) is 1.40. The average Bonchev–Trinajstić information content (AvgIpc) is 2.42. The van der Waals surface area contributed by atoms with E-state index in [9.17, 15) is 9.59 Å². The van der Waals surface area contributed by atoms with E-state index < -0.39 is 6.04 Å². The Balaban J connectivity index is 2.44. The molecule has 0 aromatic heterocycles. The summed E-state index contributed by atoms with van der Waals surface area (Å²) in [4.78, 5) is 25.1. The summed E-state index contributed by atoms with van der Waals surface area (Å²) < 4.78 is 14.7. The lowest BCUT2D eigenvalue weighted by Crippen LogP contribution is -2.49. The topological polar surface area (TPSA) is 65.1 Å². The molecule has 0 bridgehead atoms. The fourth-order valence-electron chi connectivity index (χ4n) is 2.00. The Morgan fingerprint density at radius 2 is 2.00 bits per heavy atom. The Morgan fingerprint density at radius 1 is 1.22 bits per heavy atom. The SMILES string of the molecule is COCCOCC(=O)N1CCCCC1C(=O)OC. The first-order chi connectivity index (χ1) is 8.70. The maximum Gasteiger partial charge on any atom is 0.328 e. The van der Waals surface area contributed by atoms with Gasteiger partial charge in [0, 0.05) is 13.7 Å². The molecule has 1 saturated heterocycles. The molecule has 0 N–H and O–H groups in total. The highest BCUT2D eigenvalue weighted by Gasteiger charge is 2.32. The van der Waals surface area contributed by atoms with Crippen LogP contribution in [0.4, 0.5) is 0 Å². The van der Waals surface area contributed by atoms with E-state index in [-0.39, 0.29) is 18.5 Å². The zero-order valence-corrected chi connectivity index (χ0v) is 11.0. The van der Waals surface area contributed by atoms with Gasteiger partial charge in [0.15, 0.2) is 0 Å². The quantitative estimate of drug-likeness (QED) is 0.504. The van der Waals surface area contributed by atoms with Gasteiger partial charge in [0.1, 0.15) is 12.6 Å². The molecule has 104 valence electrons. The van der Waals surface area contributed by atoms with Gasteiger partial charge in [0.2, 0.25) is 5.91 Å². The van der Waals surface area contributed by atoms with Crippen molar-refractivity contribution in [1.82, 2.24) is 4.90 Å². The van der Waals surface area contributed by atoms with Crippen molar-refractivity contribution >= 4 is 11.9 Å². The molecule has 1 unspecified atom stereocenters. The van der Waals surface area contributed by atoms with Crippen LogP contribution in [-0.2, 0) is 23.8 Å². The van der Waals surface area contributed by atoms with Crippen molar-refractivity contribution in [2.45, 2.75) is 25.3 Å². The second kappa shape index (κ2) is 8.05. The fourth-order valence-corrected chi connectivity index (χ4v) is 2.00. The molecular formula is C12H21NO5. The molecule has 1 atom stereocenters. The summed E-state index contributed by atoms with van der Waals surface area (Å²) in [6, 6.07) is -0.456. The van der Waals surface area contributed by atoms with Crippen molar-refractivity contribution < 1.29 is 23.8 Å². The van der Waals surface area contributed by atoms with E-state index in [0.717, 1.165) is 12.8 Å². The first kappa shape index (κ1) is 14.9. The zero-order valence-electron chi connectivity index (χ0n) is 11.0. The zero-order chi connectivity index (χ0) is 13.4. The van der Waals surface area contributed by atoms with Crippen LogP contribution in [0, 0.1) is 0 Å². The number of methoxy groups -OCH3 is 2. The van der Waals surface area contributed by atoms with Crippen molar-refractivity contribution in [1.29, 1.82) is 0 Å². The van der Waals surface area contributed by atoms with Crippen LogP contribution in [0.3, 0.4) is 0 Å². The Kier molecular flexibility index (Phi) is 6.67. The second-order valence-corrected chi connectivity index (χ2v) is 4.17. The summed E-state index contributed by atoms with van der Waals surface area (Å²) in [7, 11) is 2.91. The van der Waals surface area contributed by atoms with Crippen molar-refractivity contribution in [3.8, 4) is 0 Å². The summed E-state index contributed by atoms with van der Waals surface area (Å²) in [5.41, 5.74) is 0. The molecule has 0 aliphatic carbocycles. The number of ether oxygens (including phenoxy) is 3. The largest absolute Gasteiger partial charge is 0.467 e. The van der Waals surface area contributed by atoms with Crippen LogP contribution in [0.2, 0.25) is 0 Å². The van der Waals surface area contributed by atoms with Crippen molar-refractivity contribution in [2.24, 2.45) is 0 Å². The van der Waals surface area contributed by atoms with Crippen LogP contribution < -0.4 is 0 Å². The van der Waals surface area contributed by atoms with Crippen molar-refractivity contribution in [3.63, 3.8) is 0 Å². The maximum atomic E-state index is 11.9. The van der Waals surface area contributed by atoms with E-state index in [2.05, 4.69) is 0 Å². The van der Waals surface area contributed by atoms with E-state index in [1.165, 1.54) is 7.11 Å². The third-order valence-electron chi connectivity index (χ3n) is 2.95. The molecular weight excluding hydrogens is 238 g/mol. The minimum Gasteiger partial charge on any atom is -0.467 e. The van der Waals surface area contributed by atoms with Gasteiger partial charge in [-0.25, -0.2) is 4.79 Å². The van der Waals surface area contributed by atoms with Gasteiger partial charge in [-0.1, -0.05) is 0 Å². The van der Waals surface area contributed by atoms with E-state index in [1.54, 1.807) is 12.0 Å². The molecule has 0 aromatic carbocycles. The predicted octanol–water partition coefficient (Wildman–Crippen LogP) is 0.204. The number of carbonyl (C=O) groups excluding carboxylic acids is 2. The highest BCUT2D eigenvalue weighted by molar-refractivity contribution is 5.85. The Bertz CT molecular complexity index is 282. The lowest BCUT2D eigenvalue weighted by molar-refractivity contribution is -0.156. The molecule has 0 spiro atoms. The van der Waals surface area contributed by atoms with Gasteiger partial charge in [-0.3, -0.25) is 4.79 Å². The molecule has 1 amide bonds. The third kappa shape index (κ3) is 4.27. The highest BCUT2D eigenvalue weighted by atomic mass is 16.5. The van der Waals surface area contributed by atoms with Gasteiger partial charge in [0.05, 0.1) is 20.3 Å². The first-order valence-electron chi connectivity index (χ1n) is 6.14. The summed E-state index contributed by atoms with van der Waals surface area (Å²) >= 11 is 0. The molecule has 1 aliphatic rings. The van der Waals surface area contributed by atoms with E-state index in [1.807, 2.05) is 0 Å². The molecule has 1 aliphatic heterocycles. The van der Waals surface area contributed by atoms with E-state index in [0.29, 0.717) is 26.2 Å². The molecule has 18 heavy (non-hydrogen) atoms. The van der Waals surface area contributed by atoms with Gasteiger partial charge >= 0.3 is 5.97 Å². The van der Waals surface area contributed by atoms with Gasteiger partial charge in [-0.05, 0) is 19.3 Å². The molecule has 0 saturated carbocycles. The summed E-state index contributed by atoms with van der Waals surface area (Å²) in [5.74, 6) is -0.513. The number of nitrogens with zero attached hydrogens (tertiary/aromatic N) is 1. The highest BCUT2D eigenvalue weighted by Crippen LogP contribution is 2.18. The van der Waals surface area contributed by atoms with E-state index >= 15 is 0 Å². The van der Waals surface area contributed by atoms with Crippen LogP contribution >= 0.6 is 0 Å². The van der Waals surface area contributed by atoms with Crippen LogP contribution in [-0.4, -0.2) is 63.4 Å². The van der Waals surface area contributed by atoms with Gasteiger partial charge in [-0.15, -0.1) is 0 Å². The number of likely N-dealkylation sites (tertiary alicyclic amines) is 1. The van der Waals surface area contributed by atoms with Gasteiger partial charge < -0.3 is 19.1 Å². The number of piperidine rings is 1. The lowest BCUT2D eigenvalue weighted by atomic mass is 10.0. The van der Waals surface area contributed by atoms with Gasteiger partial charge in [0.25, 0.3) is 0 Å². The van der Waals surface area contributed by atoms with Crippen LogP contribution in [0.5, 0.6) is 0 Å². The van der Waals surface area contributed by atoms with Crippen molar-refractivity contribution in [2.75, 3.05) is 40.6 Å². The summed E-state index contributed by atoms with van der Waals surface area (Å²) in [5, 5.41) is 0. The molecule has 6 nitrogen and oxygen atoms in total. The smallest absolute Gasteiger partial charge is 0.328 e. The minimum atomic E-state index is -0.456. The molecule has 1 heterocycles. The monoisotopic (exact) mass is 259 g/mol. The Hall–Kier alpha value is -1.14. The van der Waals surface area contributed by atoms with Crippen LogP contribution in [0.15, 0.2) is 0 Å².